The number of aromatic amines is 2. The molecular formula is C41H51N7O4. The van der Waals surface area contributed by atoms with Crippen LogP contribution in [0.4, 0.5) is 0 Å². The van der Waals surface area contributed by atoms with Gasteiger partial charge in [0, 0.05) is 107 Å². The fraction of sp³-hybridized carbons (Fsp3) is 0.512. The highest BCUT2D eigenvalue weighted by atomic mass is 16.2. The molecule has 274 valence electrons. The van der Waals surface area contributed by atoms with Gasteiger partial charge in [-0.2, -0.15) is 0 Å². The summed E-state index contributed by atoms with van der Waals surface area (Å²) in [5.41, 5.74) is 5.14. The first-order valence-electron chi connectivity index (χ1n) is 19.3. The zero-order valence-corrected chi connectivity index (χ0v) is 30.4. The Labute approximate surface area is 304 Å². The van der Waals surface area contributed by atoms with E-state index in [-0.39, 0.29) is 22.9 Å². The number of carbonyl (C=O) groups excluding carboxylic acids is 2. The highest BCUT2D eigenvalue weighted by molar-refractivity contribution is 5.88. The number of amides is 2. The van der Waals surface area contributed by atoms with Crippen molar-refractivity contribution in [3.63, 3.8) is 0 Å². The Kier molecular flexibility index (Phi) is 10.00. The molecule has 2 fully saturated rings. The predicted molar refractivity (Wildman–Crippen MR) is 204 cm³/mol. The number of H-pyrrole nitrogens is 2. The summed E-state index contributed by atoms with van der Waals surface area (Å²) in [7, 11) is 2.16. The molecule has 52 heavy (non-hydrogen) atoms. The van der Waals surface area contributed by atoms with E-state index in [2.05, 4.69) is 49.9 Å². The highest BCUT2D eigenvalue weighted by Crippen LogP contribution is 2.32. The summed E-state index contributed by atoms with van der Waals surface area (Å²) in [6.45, 7) is 10.2. The van der Waals surface area contributed by atoms with E-state index in [0.29, 0.717) is 68.6 Å². The molecule has 0 radical (unpaired) electrons. The summed E-state index contributed by atoms with van der Waals surface area (Å²) < 4.78 is 0. The largest absolute Gasteiger partial charge is 0.338 e. The molecule has 6 heterocycles. The summed E-state index contributed by atoms with van der Waals surface area (Å²) in [5, 5.41) is 3.30. The van der Waals surface area contributed by atoms with Crippen molar-refractivity contribution in [1.82, 2.24) is 34.5 Å². The fourth-order valence-corrected chi connectivity index (χ4v) is 8.93. The van der Waals surface area contributed by atoms with Crippen molar-refractivity contribution in [2.75, 3.05) is 72.5 Å². The van der Waals surface area contributed by atoms with E-state index < -0.39 is 0 Å². The van der Waals surface area contributed by atoms with E-state index in [1.165, 1.54) is 5.56 Å². The van der Waals surface area contributed by atoms with Gasteiger partial charge in [-0.3, -0.25) is 19.2 Å². The van der Waals surface area contributed by atoms with Crippen molar-refractivity contribution in [3.8, 4) is 0 Å². The van der Waals surface area contributed by atoms with Crippen LogP contribution < -0.4 is 11.1 Å². The number of carbonyl (C=O) groups is 2. The zero-order valence-electron chi connectivity index (χ0n) is 30.4. The lowest BCUT2D eigenvalue weighted by atomic mass is 9.87. The monoisotopic (exact) mass is 705 g/mol. The van der Waals surface area contributed by atoms with E-state index in [1.54, 1.807) is 0 Å². The van der Waals surface area contributed by atoms with Crippen LogP contribution in [0.2, 0.25) is 0 Å². The van der Waals surface area contributed by atoms with Gasteiger partial charge in [-0.15, -0.1) is 0 Å². The van der Waals surface area contributed by atoms with Crippen molar-refractivity contribution >= 4 is 33.4 Å². The molecule has 4 aromatic rings. The van der Waals surface area contributed by atoms with E-state index in [9.17, 15) is 19.2 Å². The van der Waals surface area contributed by atoms with Crippen LogP contribution in [0.1, 0.15) is 66.1 Å². The summed E-state index contributed by atoms with van der Waals surface area (Å²) in [6, 6.07) is 14.0. The molecule has 0 unspecified atom stereocenters. The molecule has 2 aromatic carbocycles. The standard InChI is InChI=1S/C41H51N7O4/c1-44-21-23-45(24-22-44)15-4-7-38(49)47-19-12-37-35(27-47)31-9-8-29(25-33(31)41(52)43-37)28-10-16-46(17-11-28)18-14-39(50)48-20-13-36-34(26-48)30-5-2-3-6-32(30)40(51)42-36/h2-3,5-6,8-9,25,28H,4,7,10-24,26-27H2,1H3,(H,42,51)(H,43,52). The van der Waals surface area contributed by atoms with Crippen LogP contribution in [-0.4, -0.2) is 119 Å². The average molecular weight is 706 g/mol. The van der Waals surface area contributed by atoms with Crippen molar-refractivity contribution < 1.29 is 9.59 Å². The minimum atomic E-state index is -0.0609. The number of aromatic nitrogens is 2. The van der Waals surface area contributed by atoms with E-state index >= 15 is 0 Å². The molecule has 2 amide bonds. The van der Waals surface area contributed by atoms with Gasteiger partial charge in [0.05, 0.1) is 0 Å². The summed E-state index contributed by atoms with van der Waals surface area (Å²) in [5.74, 6) is 0.724. The fourth-order valence-electron chi connectivity index (χ4n) is 8.93. The number of piperidine rings is 1. The van der Waals surface area contributed by atoms with Crippen LogP contribution >= 0.6 is 0 Å². The Morgan fingerprint density at radius 1 is 0.654 bits per heavy atom. The molecular weight excluding hydrogens is 654 g/mol. The first-order chi connectivity index (χ1) is 25.3. The molecule has 0 aliphatic carbocycles. The van der Waals surface area contributed by atoms with Gasteiger partial charge in [-0.1, -0.05) is 30.3 Å². The van der Waals surface area contributed by atoms with E-state index in [4.69, 9.17) is 0 Å². The van der Waals surface area contributed by atoms with Gasteiger partial charge in [-0.05, 0) is 91.5 Å². The molecule has 8 rings (SSSR count). The number of nitrogens with zero attached hydrogens (tertiary/aromatic N) is 5. The van der Waals surface area contributed by atoms with Crippen LogP contribution in [0.3, 0.4) is 0 Å². The normalized spacial score (nSPS) is 19.2. The smallest absolute Gasteiger partial charge is 0.256 e. The quantitative estimate of drug-likeness (QED) is 0.289. The van der Waals surface area contributed by atoms with Gasteiger partial charge in [0.2, 0.25) is 11.8 Å². The number of nitrogens with one attached hydrogen (secondary N) is 2. The summed E-state index contributed by atoms with van der Waals surface area (Å²) >= 11 is 0. The zero-order chi connectivity index (χ0) is 35.8. The number of fused-ring (bicyclic) bond motifs is 6. The number of hydrogen-bond acceptors (Lipinski definition) is 7. The van der Waals surface area contributed by atoms with Crippen LogP contribution in [0.15, 0.2) is 52.1 Å². The number of likely N-dealkylation sites (N-methyl/N-ethyl adjacent to an activating group) is 1. The van der Waals surface area contributed by atoms with Gasteiger partial charge < -0.3 is 34.5 Å². The number of likely N-dealkylation sites (tertiary alicyclic amines) is 1. The molecule has 0 bridgehead atoms. The van der Waals surface area contributed by atoms with E-state index in [1.807, 2.05) is 34.1 Å². The van der Waals surface area contributed by atoms with Crippen LogP contribution in [-0.2, 0) is 35.5 Å². The van der Waals surface area contributed by atoms with Crippen LogP contribution in [0.5, 0.6) is 0 Å². The molecule has 2 aromatic heterocycles. The second-order valence-electron chi connectivity index (χ2n) is 15.4. The van der Waals surface area contributed by atoms with Crippen molar-refractivity contribution in [1.29, 1.82) is 0 Å². The number of benzene rings is 2. The molecule has 0 saturated carbocycles. The van der Waals surface area contributed by atoms with Crippen molar-refractivity contribution in [3.05, 3.63) is 91.3 Å². The molecule has 4 aliphatic heterocycles. The van der Waals surface area contributed by atoms with Gasteiger partial charge in [0.15, 0.2) is 0 Å². The minimum Gasteiger partial charge on any atom is -0.338 e. The van der Waals surface area contributed by atoms with Crippen molar-refractivity contribution in [2.24, 2.45) is 0 Å². The van der Waals surface area contributed by atoms with E-state index in [0.717, 1.165) is 105 Å². The number of rotatable bonds is 8. The predicted octanol–water partition coefficient (Wildman–Crippen LogP) is 3.44. The van der Waals surface area contributed by atoms with Gasteiger partial charge in [0.1, 0.15) is 0 Å². The van der Waals surface area contributed by atoms with Gasteiger partial charge >= 0.3 is 0 Å². The maximum absolute atomic E-state index is 13.3. The SMILES string of the molecule is CN1CCN(CCCC(=O)N2CCc3[nH]c(=O)c4cc(C5CCN(CCC(=O)N6CCc7[nH]c(=O)c8ccccc8c7C6)CC5)ccc4c3C2)CC1. The maximum Gasteiger partial charge on any atom is 0.256 e. The summed E-state index contributed by atoms with van der Waals surface area (Å²) in [6.07, 6.45) is 5.23. The third-order valence-corrected chi connectivity index (χ3v) is 12.2. The lowest BCUT2D eigenvalue weighted by Crippen LogP contribution is -2.45. The Bertz CT molecular complexity index is 2090. The minimum absolute atomic E-state index is 0.0433. The molecule has 0 spiro atoms. The van der Waals surface area contributed by atoms with Crippen LogP contribution in [0, 0.1) is 0 Å². The molecule has 2 saturated heterocycles. The van der Waals surface area contributed by atoms with Crippen molar-refractivity contribution in [2.45, 2.75) is 64.0 Å². The Hall–Kier alpha value is -4.32. The van der Waals surface area contributed by atoms with Gasteiger partial charge in [0.25, 0.3) is 11.1 Å². The second-order valence-corrected chi connectivity index (χ2v) is 15.4. The molecule has 2 N–H and O–H groups in total. The Morgan fingerprint density at radius 3 is 1.90 bits per heavy atom. The number of piperazine rings is 1. The third kappa shape index (κ3) is 7.18. The molecule has 11 nitrogen and oxygen atoms in total. The Balaban J connectivity index is 0.848. The van der Waals surface area contributed by atoms with Crippen LogP contribution in [0.25, 0.3) is 21.5 Å². The Morgan fingerprint density at radius 2 is 1.23 bits per heavy atom. The lowest BCUT2D eigenvalue weighted by Gasteiger charge is -2.34. The number of pyridine rings is 2. The first kappa shape index (κ1) is 34.7. The third-order valence-electron chi connectivity index (χ3n) is 12.2. The average Bonchev–Trinajstić information content (AvgIpc) is 3.17. The lowest BCUT2D eigenvalue weighted by molar-refractivity contribution is -0.133. The first-order valence-corrected chi connectivity index (χ1v) is 19.3. The van der Waals surface area contributed by atoms with Gasteiger partial charge in [-0.25, -0.2) is 0 Å². The highest BCUT2D eigenvalue weighted by Gasteiger charge is 2.28. The molecule has 4 aliphatic rings. The topological polar surface area (TPSA) is 116 Å². The molecule has 11 heteroatoms. The molecule has 0 atom stereocenters. The summed E-state index contributed by atoms with van der Waals surface area (Å²) in [4.78, 5) is 69.7. The second kappa shape index (κ2) is 15.0. The number of hydrogen-bond donors (Lipinski definition) is 2. The maximum atomic E-state index is 13.3.